The van der Waals surface area contributed by atoms with Crippen molar-refractivity contribution in [3.8, 4) is 0 Å². The molecular weight excluding hydrogens is 478 g/mol. The molecule has 0 aromatic heterocycles. The van der Waals surface area contributed by atoms with Gasteiger partial charge >= 0.3 is 5.97 Å². The third-order valence-corrected chi connectivity index (χ3v) is 6.69. The largest absolute Gasteiger partial charge is 0.478 e. The Hall–Kier alpha value is -3.67. The Morgan fingerprint density at radius 1 is 0.853 bits per heavy atom. The molecule has 0 saturated heterocycles. The molecule has 0 radical (unpaired) electrons. The lowest BCUT2D eigenvalue weighted by atomic mass is 10.1. The maximum absolute atomic E-state index is 12.5. The summed E-state index contributed by atoms with van der Waals surface area (Å²) in [5, 5.41) is 19.2. The normalized spacial score (nSPS) is 11.9. The number of amides is 2. The summed E-state index contributed by atoms with van der Waals surface area (Å²) in [6.45, 7) is 1.72. The van der Waals surface area contributed by atoms with Gasteiger partial charge in [0.2, 0.25) is 15.9 Å². The first kappa shape index (κ1) is 25.0. The third-order valence-electron chi connectivity index (χ3n) is 4.65. The molecule has 176 valence electrons. The molecule has 3 rings (SSSR count). The van der Waals surface area contributed by atoms with Crippen LogP contribution in [-0.2, 0) is 14.8 Å². The van der Waals surface area contributed by atoms with Crippen LogP contribution < -0.4 is 15.8 Å². The second kappa shape index (κ2) is 10.5. The zero-order valence-electron chi connectivity index (χ0n) is 17.9. The van der Waals surface area contributed by atoms with Gasteiger partial charge in [-0.2, -0.15) is 0 Å². The minimum Gasteiger partial charge on any atom is -0.478 e. The molecular formula is C23H21N3O6S2. The summed E-state index contributed by atoms with van der Waals surface area (Å²) in [6, 6.07) is 18.2. The standard InChI is InChI=1S/C23H21N3O6S2/c1-14(21(27)25-16-8-12-18(13-9-16)34(24,31)32)33-17-10-6-15(7-11-17)26-22(28)19-4-2-3-5-20(19)23(29)30/h2-14H,1H3,(H,25,27)(H,26,28)(H,29,30)(H2,24,31,32)/t14-/m1/s1. The van der Waals surface area contributed by atoms with Crippen LogP contribution in [0.25, 0.3) is 0 Å². The fraction of sp³-hybridized carbons (Fsp3) is 0.0870. The van der Waals surface area contributed by atoms with E-state index in [2.05, 4.69) is 10.6 Å². The Balaban J connectivity index is 1.59. The molecule has 9 nitrogen and oxygen atoms in total. The van der Waals surface area contributed by atoms with Gasteiger partial charge in [-0.1, -0.05) is 12.1 Å². The summed E-state index contributed by atoms with van der Waals surface area (Å²) in [5.74, 6) is -2.01. The van der Waals surface area contributed by atoms with Crippen LogP contribution in [0.3, 0.4) is 0 Å². The number of carboxylic acids is 1. The average molecular weight is 500 g/mol. The number of hydrogen-bond acceptors (Lipinski definition) is 6. The Morgan fingerprint density at radius 2 is 1.38 bits per heavy atom. The monoisotopic (exact) mass is 499 g/mol. The summed E-state index contributed by atoms with van der Waals surface area (Å²) < 4.78 is 22.6. The number of carbonyl (C=O) groups is 3. The molecule has 0 spiro atoms. The summed E-state index contributed by atoms with van der Waals surface area (Å²) in [6.07, 6.45) is 0. The molecule has 0 bridgehead atoms. The van der Waals surface area contributed by atoms with Crippen molar-refractivity contribution in [2.75, 3.05) is 10.6 Å². The van der Waals surface area contributed by atoms with E-state index in [1.54, 1.807) is 43.3 Å². The van der Waals surface area contributed by atoms with Crippen molar-refractivity contribution in [2.24, 2.45) is 5.14 Å². The lowest BCUT2D eigenvalue weighted by Gasteiger charge is -2.13. The molecule has 0 saturated carbocycles. The number of rotatable bonds is 8. The van der Waals surface area contributed by atoms with Crippen molar-refractivity contribution in [1.82, 2.24) is 0 Å². The summed E-state index contributed by atoms with van der Waals surface area (Å²) in [7, 11) is -3.81. The number of hydrogen-bond donors (Lipinski definition) is 4. The lowest BCUT2D eigenvalue weighted by Crippen LogP contribution is -2.22. The highest BCUT2D eigenvalue weighted by atomic mass is 32.2. The van der Waals surface area contributed by atoms with Gasteiger partial charge in [-0.25, -0.2) is 18.4 Å². The zero-order valence-corrected chi connectivity index (χ0v) is 19.5. The summed E-state index contributed by atoms with van der Waals surface area (Å²) >= 11 is 1.29. The van der Waals surface area contributed by atoms with Crippen LogP contribution in [0.5, 0.6) is 0 Å². The lowest BCUT2D eigenvalue weighted by molar-refractivity contribution is -0.115. The second-order valence-electron chi connectivity index (χ2n) is 7.15. The van der Waals surface area contributed by atoms with Gasteiger partial charge in [-0.15, -0.1) is 11.8 Å². The quantitative estimate of drug-likeness (QED) is 0.346. The highest BCUT2D eigenvalue weighted by molar-refractivity contribution is 8.00. The topological polar surface area (TPSA) is 156 Å². The molecule has 1 atom stereocenters. The van der Waals surface area contributed by atoms with Gasteiger partial charge in [0.1, 0.15) is 0 Å². The number of nitrogens with one attached hydrogen (secondary N) is 2. The molecule has 2 amide bonds. The minimum absolute atomic E-state index is 0.0495. The smallest absolute Gasteiger partial charge is 0.336 e. The van der Waals surface area contributed by atoms with Gasteiger partial charge in [-0.05, 0) is 67.6 Å². The van der Waals surface area contributed by atoms with Crippen molar-refractivity contribution < 1.29 is 27.9 Å². The second-order valence-corrected chi connectivity index (χ2v) is 10.1. The van der Waals surface area contributed by atoms with Crippen LogP contribution >= 0.6 is 11.8 Å². The molecule has 5 N–H and O–H groups in total. The third kappa shape index (κ3) is 6.44. The number of sulfonamides is 1. The predicted octanol–water partition coefficient (Wildman–Crippen LogP) is 3.40. The van der Waals surface area contributed by atoms with Gasteiger partial charge in [0.05, 0.1) is 21.3 Å². The van der Waals surface area contributed by atoms with E-state index in [0.29, 0.717) is 11.4 Å². The number of benzene rings is 3. The number of aromatic carboxylic acids is 1. The van der Waals surface area contributed by atoms with Gasteiger partial charge in [-0.3, -0.25) is 9.59 Å². The maximum atomic E-state index is 12.5. The Morgan fingerprint density at radius 3 is 1.94 bits per heavy atom. The molecule has 11 heteroatoms. The van der Waals surface area contributed by atoms with Crippen molar-refractivity contribution in [3.63, 3.8) is 0 Å². The van der Waals surface area contributed by atoms with Gasteiger partial charge in [0.15, 0.2) is 0 Å². The first-order valence-electron chi connectivity index (χ1n) is 9.89. The van der Waals surface area contributed by atoms with E-state index in [0.717, 1.165) is 4.90 Å². The fourth-order valence-electron chi connectivity index (χ4n) is 2.91. The van der Waals surface area contributed by atoms with Crippen LogP contribution in [0.2, 0.25) is 0 Å². The number of primary sulfonamides is 1. The van der Waals surface area contributed by atoms with E-state index in [1.807, 2.05) is 0 Å². The minimum atomic E-state index is -3.81. The van der Waals surface area contributed by atoms with E-state index < -0.39 is 27.1 Å². The Kier molecular flexibility index (Phi) is 7.72. The van der Waals surface area contributed by atoms with Crippen LogP contribution in [0.15, 0.2) is 82.6 Å². The van der Waals surface area contributed by atoms with Crippen molar-refractivity contribution in [3.05, 3.63) is 83.9 Å². The first-order chi connectivity index (χ1) is 16.0. The number of nitrogens with two attached hydrogens (primary N) is 1. The van der Waals surface area contributed by atoms with Crippen LogP contribution in [0.4, 0.5) is 11.4 Å². The van der Waals surface area contributed by atoms with E-state index in [4.69, 9.17) is 5.14 Å². The van der Waals surface area contributed by atoms with Crippen molar-refractivity contribution in [2.45, 2.75) is 22.0 Å². The van der Waals surface area contributed by atoms with Crippen molar-refractivity contribution in [1.29, 1.82) is 0 Å². The highest BCUT2D eigenvalue weighted by Crippen LogP contribution is 2.26. The zero-order chi connectivity index (χ0) is 24.9. The number of carbonyl (C=O) groups excluding carboxylic acids is 2. The molecule has 34 heavy (non-hydrogen) atoms. The van der Waals surface area contributed by atoms with Gasteiger partial charge < -0.3 is 15.7 Å². The highest BCUT2D eigenvalue weighted by Gasteiger charge is 2.17. The van der Waals surface area contributed by atoms with Crippen LogP contribution in [0, 0.1) is 0 Å². The van der Waals surface area contributed by atoms with Gasteiger partial charge in [0.25, 0.3) is 5.91 Å². The molecule has 0 aliphatic carbocycles. The maximum Gasteiger partial charge on any atom is 0.336 e. The Bertz CT molecular complexity index is 1320. The van der Waals surface area contributed by atoms with E-state index in [-0.39, 0.29) is 21.9 Å². The predicted molar refractivity (Wildman–Crippen MR) is 130 cm³/mol. The molecule has 3 aromatic carbocycles. The molecule has 0 aliphatic heterocycles. The molecule has 0 fully saturated rings. The molecule has 3 aromatic rings. The SMILES string of the molecule is C[C@@H](Sc1ccc(NC(=O)c2ccccc2C(=O)O)cc1)C(=O)Nc1ccc(S(N)(=O)=O)cc1. The average Bonchev–Trinajstić information content (AvgIpc) is 2.80. The molecule has 0 aliphatic rings. The first-order valence-corrected chi connectivity index (χ1v) is 12.3. The van der Waals surface area contributed by atoms with E-state index in [1.165, 1.54) is 48.2 Å². The summed E-state index contributed by atoms with van der Waals surface area (Å²) in [4.78, 5) is 37.0. The van der Waals surface area contributed by atoms with Crippen LogP contribution in [0.1, 0.15) is 27.6 Å². The van der Waals surface area contributed by atoms with E-state index in [9.17, 15) is 27.9 Å². The number of carboxylic acid groups (broad SMARTS) is 1. The number of anilines is 2. The van der Waals surface area contributed by atoms with Crippen LogP contribution in [-0.4, -0.2) is 36.6 Å². The van der Waals surface area contributed by atoms with E-state index >= 15 is 0 Å². The Labute approximate surface area is 200 Å². The van der Waals surface area contributed by atoms with Gasteiger partial charge in [0, 0.05) is 16.3 Å². The van der Waals surface area contributed by atoms with Crippen molar-refractivity contribution >= 4 is 50.9 Å². The molecule has 0 unspecified atom stereocenters. The number of thioether (sulfide) groups is 1. The molecule has 0 heterocycles. The summed E-state index contributed by atoms with van der Waals surface area (Å²) in [5.41, 5.74) is 0.869. The fourth-order valence-corrected chi connectivity index (χ4v) is 4.30.